The highest BCUT2D eigenvalue weighted by atomic mass is 16.5. The molecule has 0 aromatic heterocycles. The van der Waals surface area contributed by atoms with Crippen molar-refractivity contribution in [3.8, 4) is 0 Å². The normalized spacial score (nSPS) is 10.2. The van der Waals surface area contributed by atoms with E-state index in [4.69, 9.17) is 4.74 Å². The molecule has 1 aromatic rings. The predicted molar refractivity (Wildman–Crippen MR) is 52.9 cm³/mol. The fourth-order valence-electron chi connectivity index (χ4n) is 0.926. The second kappa shape index (κ2) is 4.99. The third kappa shape index (κ3) is 3.58. The quantitative estimate of drug-likeness (QED) is 0.606. The van der Waals surface area contributed by atoms with Crippen LogP contribution in [0, 0.1) is 0 Å². The van der Waals surface area contributed by atoms with Crippen molar-refractivity contribution < 1.29 is 4.74 Å². The molecule has 0 saturated heterocycles. The standard InChI is InChI=1S/C10H14BO/c1-9(2)12-8-11-10-6-4-3-5-7-10/h3-7,9H,8H2,1-2H3. The minimum atomic E-state index is 0.310. The summed E-state index contributed by atoms with van der Waals surface area (Å²) in [6, 6.07) is 10.2. The Bertz CT molecular complexity index is 208. The van der Waals surface area contributed by atoms with Crippen molar-refractivity contribution in [3.05, 3.63) is 30.3 Å². The molecule has 1 nitrogen and oxygen atoms in total. The van der Waals surface area contributed by atoms with Crippen LogP contribution in [0.2, 0.25) is 0 Å². The Morgan fingerprint density at radius 2 is 1.92 bits per heavy atom. The highest BCUT2D eigenvalue weighted by Crippen LogP contribution is 1.86. The van der Waals surface area contributed by atoms with Crippen molar-refractivity contribution in [1.29, 1.82) is 0 Å². The van der Waals surface area contributed by atoms with Crippen LogP contribution in [0.1, 0.15) is 13.8 Å². The van der Waals surface area contributed by atoms with Gasteiger partial charge in [-0.3, -0.25) is 0 Å². The zero-order valence-electron chi connectivity index (χ0n) is 7.66. The highest BCUT2D eigenvalue weighted by molar-refractivity contribution is 6.53. The molecular formula is C10H14BO. The van der Waals surface area contributed by atoms with Gasteiger partial charge in [-0.1, -0.05) is 35.8 Å². The first kappa shape index (κ1) is 9.33. The first-order chi connectivity index (χ1) is 5.79. The van der Waals surface area contributed by atoms with Gasteiger partial charge in [-0.05, 0) is 13.8 Å². The van der Waals surface area contributed by atoms with Gasteiger partial charge in [0.25, 0.3) is 0 Å². The molecule has 0 saturated carbocycles. The van der Waals surface area contributed by atoms with Gasteiger partial charge in [0, 0.05) is 6.51 Å². The van der Waals surface area contributed by atoms with Crippen LogP contribution in [-0.2, 0) is 4.74 Å². The molecule has 1 aromatic carbocycles. The Morgan fingerprint density at radius 1 is 1.25 bits per heavy atom. The second-order valence-electron chi connectivity index (χ2n) is 3.00. The summed E-state index contributed by atoms with van der Waals surface area (Å²) in [5, 5.41) is 0. The molecule has 1 radical (unpaired) electrons. The van der Waals surface area contributed by atoms with Gasteiger partial charge in [0.2, 0.25) is 0 Å². The van der Waals surface area contributed by atoms with Crippen LogP contribution >= 0.6 is 0 Å². The SMILES string of the molecule is CC(C)OC[B]c1ccccc1. The van der Waals surface area contributed by atoms with Crippen molar-refractivity contribution in [2.75, 3.05) is 6.51 Å². The molecule has 0 aliphatic carbocycles. The lowest BCUT2D eigenvalue weighted by Crippen LogP contribution is -2.21. The van der Waals surface area contributed by atoms with Gasteiger partial charge in [-0.2, -0.15) is 0 Å². The maximum atomic E-state index is 5.39. The van der Waals surface area contributed by atoms with E-state index < -0.39 is 0 Å². The van der Waals surface area contributed by atoms with E-state index in [1.54, 1.807) is 0 Å². The maximum Gasteiger partial charge on any atom is 0.185 e. The van der Waals surface area contributed by atoms with E-state index in [0.717, 1.165) is 0 Å². The third-order valence-corrected chi connectivity index (χ3v) is 1.55. The molecule has 1 rings (SSSR count). The molecule has 0 fully saturated rings. The lowest BCUT2D eigenvalue weighted by molar-refractivity contribution is 0.116. The number of hydrogen-bond donors (Lipinski definition) is 0. The molecule has 0 aliphatic heterocycles. The molecule has 0 N–H and O–H groups in total. The lowest BCUT2D eigenvalue weighted by Gasteiger charge is -2.05. The van der Waals surface area contributed by atoms with E-state index in [0.29, 0.717) is 12.6 Å². The highest BCUT2D eigenvalue weighted by Gasteiger charge is 1.96. The molecule has 63 valence electrons. The van der Waals surface area contributed by atoms with Gasteiger partial charge in [-0.25, -0.2) is 0 Å². The Morgan fingerprint density at radius 3 is 2.50 bits per heavy atom. The zero-order valence-corrected chi connectivity index (χ0v) is 7.66. The molecule has 0 amide bonds. The predicted octanol–water partition coefficient (Wildman–Crippen LogP) is 1.40. The number of ether oxygens (including phenoxy) is 1. The minimum Gasteiger partial charge on any atom is -0.387 e. The topological polar surface area (TPSA) is 9.23 Å². The minimum absolute atomic E-state index is 0.310. The average Bonchev–Trinajstić information content (AvgIpc) is 2.05. The van der Waals surface area contributed by atoms with Crippen LogP contribution in [0.5, 0.6) is 0 Å². The Kier molecular flexibility index (Phi) is 3.88. The van der Waals surface area contributed by atoms with Crippen LogP contribution in [0.25, 0.3) is 0 Å². The van der Waals surface area contributed by atoms with E-state index in [2.05, 4.69) is 19.4 Å². The van der Waals surface area contributed by atoms with Gasteiger partial charge in [0.05, 0.1) is 6.10 Å². The lowest BCUT2D eigenvalue weighted by atomic mass is 9.71. The summed E-state index contributed by atoms with van der Waals surface area (Å²) in [6.45, 7) is 4.78. The number of rotatable bonds is 4. The van der Waals surface area contributed by atoms with Crippen molar-refractivity contribution in [2.24, 2.45) is 0 Å². The Balaban J connectivity index is 2.25. The van der Waals surface area contributed by atoms with E-state index in [1.165, 1.54) is 5.46 Å². The van der Waals surface area contributed by atoms with Crippen molar-refractivity contribution >= 4 is 12.7 Å². The van der Waals surface area contributed by atoms with Gasteiger partial charge in [0.15, 0.2) is 7.28 Å². The Labute approximate surface area is 75.0 Å². The van der Waals surface area contributed by atoms with Crippen LogP contribution < -0.4 is 5.46 Å². The molecule has 0 aliphatic rings. The fraction of sp³-hybridized carbons (Fsp3) is 0.400. The number of benzene rings is 1. The van der Waals surface area contributed by atoms with Crippen LogP contribution in [0.3, 0.4) is 0 Å². The van der Waals surface area contributed by atoms with Gasteiger partial charge in [0.1, 0.15) is 0 Å². The van der Waals surface area contributed by atoms with Crippen LogP contribution in [0.4, 0.5) is 0 Å². The van der Waals surface area contributed by atoms with E-state index in [1.807, 2.05) is 32.0 Å². The molecule has 0 atom stereocenters. The molecule has 0 unspecified atom stereocenters. The molecule has 0 bridgehead atoms. The molecule has 0 spiro atoms. The molecule has 12 heavy (non-hydrogen) atoms. The summed E-state index contributed by atoms with van der Waals surface area (Å²) in [7, 11) is 2.08. The first-order valence-corrected chi connectivity index (χ1v) is 4.29. The maximum absolute atomic E-state index is 5.39. The van der Waals surface area contributed by atoms with Crippen LogP contribution in [0.15, 0.2) is 30.3 Å². The summed E-state index contributed by atoms with van der Waals surface area (Å²) in [6.07, 6.45) is 0.310. The first-order valence-electron chi connectivity index (χ1n) is 4.29. The van der Waals surface area contributed by atoms with Crippen molar-refractivity contribution in [3.63, 3.8) is 0 Å². The Hall–Kier alpha value is -0.755. The van der Waals surface area contributed by atoms with Crippen LogP contribution in [-0.4, -0.2) is 19.9 Å². The molecule has 2 heteroatoms. The van der Waals surface area contributed by atoms with Gasteiger partial charge >= 0.3 is 0 Å². The largest absolute Gasteiger partial charge is 0.387 e. The summed E-state index contributed by atoms with van der Waals surface area (Å²) in [5.74, 6) is 0. The smallest absolute Gasteiger partial charge is 0.185 e. The fourth-order valence-corrected chi connectivity index (χ4v) is 0.926. The van der Waals surface area contributed by atoms with E-state index in [-0.39, 0.29) is 0 Å². The van der Waals surface area contributed by atoms with Gasteiger partial charge in [-0.15, -0.1) is 0 Å². The summed E-state index contributed by atoms with van der Waals surface area (Å²) in [5.41, 5.74) is 1.22. The second-order valence-corrected chi connectivity index (χ2v) is 3.00. The number of hydrogen-bond acceptors (Lipinski definition) is 1. The average molecular weight is 161 g/mol. The van der Waals surface area contributed by atoms with Gasteiger partial charge < -0.3 is 4.74 Å². The van der Waals surface area contributed by atoms with E-state index >= 15 is 0 Å². The van der Waals surface area contributed by atoms with E-state index in [9.17, 15) is 0 Å². The summed E-state index contributed by atoms with van der Waals surface area (Å²) >= 11 is 0. The van der Waals surface area contributed by atoms with Crippen molar-refractivity contribution in [1.82, 2.24) is 0 Å². The monoisotopic (exact) mass is 161 g/mol. The zero-order chi connectivity index (χ0) is 8.81. The molecule has 0 heterocycles. The third-order valence-electron chi connectivity index (χ3n) is 1.55. The molecular weight excluding hydrogens is 147 g/mol. The summed E-state index contributed by atoms with van der Waals surface area (Å²) < 4.78 is 5.39. The summed E-state index contributed by atoms with van der Waals surface area (Å²) in [4.78, 5) is 0. The van der Waals surface area contributed by atoms with Crippen molar-refractivity contribution in [2.45, 2.75) is 20.0 Å².